The van der Waals surface area contributed by atoms with Crippen molar-refractivity contribution in [3.63, 3.8) is 0 Å². The molecule has 0 saturated carbocycles. The van der Waals surface area contributed by atoms with E-state index < -0.39 is 34.5 Å². The molecule has 3 N–H and O–H groups in total. The van der Waals surface area contributed by atoms with E-state index in [-0.39, 0.29) is 16.6 Å². The van der Waals surface area contributed by atoms with Crippen molar-refractivity contribution in [2.45, 2.75) is 24.8 Å². The summed E-state index contributed by atoms with van der Waals surface area (Å²) < 4.78 is 31.5. The second-order valence-corrected chi connectivity index (χ2v) is 7.02. The number of amides is 3. The van der Waals surface area contributed by atoms with Gasteiger partial charge in [0.2, 0.25) is 10.0 Å². The van der Waals surface area contributed by atoms with E-state index in [9.17, 15) is 22.8 Å². The number of hydrogen-bond acceptors (Lipinski definition) is 6. The third-order valence-electron chi connectivity index (χ3n) is 2.78. The van der Waals surface area contributed by atoms with E-state index in [1.54, 1.807) is 13.8 Å². The zero-order chi connectivity index (χ0) is 18.5. The number of aryl methyl sites for hydroxylation is 1. The van der Waals surface area contributed by atoms with Crippen molar-refractivity contribution in [2.75, 3.05) is 13.7 Å². The molecule has 1 heterocycles. The monoisotopic (exact) mass is 360 g/mol. The number of aromatic nitrogens is 1. The molecule has 1 aromatic rings. The Balaban J connectivity index is 2.66. The van der Waals surface area contributed by atoms with Gasteiger partial charge in [0.05, 0.1) is 0 Å². The first-order valence-electron chi connectivity index (χ1n) is 6.94. The van der Waals surface area contributed by atoms with Crippen LogP contribution in [0.5, 0.6) is 0 Å². The molecule has 10 nitrogen and oxygen atoms in total. The summed E-state index contributed by atoms with van der Waals surface area (Å²) in [7, 11) is -1.00. The molecule has 3 amide bonds. The highest BCUT2D eigenvalue weighted by Gasteiger charge is 2.21. The predicted molar refractivity (Wildman–Crippen MR) is 83.8 cm³/mol. The molecule has 0 aliphatic heterocycles. The number of esters is 1. The Bertz CT molecular complexity index is 738. The molecule has 0 atom stereocenters. The lowest BCUT2D eigenvalue weighted by atomic mass is 10.4. The van der Waals surface area contributed by atoms with Gasteiger partial charge >= 0.3 is 12.0 Å². The van der Waals surface area contributed by atoms with Gasteiger partial charge in [-0.05, 0) is 27.0 Å². The van der Waals surface area contributed by atoms with Crippen molar-refractivity contribution in [3.8, 4) is 0 Å². The normalized spacial score (nSPS) is 11.2. The van der Waals surface area contributed by atoms with Crippen LogP contribution in [0.2, 0.25) is 0 Å². The first kappa shape index (κ1) is 19.6. The summed E-state index contributed by atoms with van der Waals surface area (Å²) in [5.41, 5.74) is -0.0525. The molecule has 0 fully saturated rings. The first-order valence-corrected chi connectivity index (χ1v) is 8.42. The van der Waals surface area contributed by atoms with Gasteiger partial charge in [-0.15, -0.1) is 0 Å². The van der Waals surface area contributed by atoms with Gasteiger partial charge in [-0.25, -0.2) is 22.7 Å². The fourth-order valence-corrected chi connectivity index (χ4v) is 2.47. The fourth-order valence-electron chi connectivity index (χ4n) is 1.67. The van der Waals surface area contributed by atoms with Crippen molar-refractivity contribution in [3.05, 3.63) is 18.0 Å². The number of sulfonamides is 1. The van der Waals surface area contributed by atoms with E-state index in [4.69, 9.17) is 4.74 Å². The molecule has 1 aromatic heterocycles. The van der Waals surface area contributed by atoms with Crippen LogP contribution >= 0.6 is 0 Å². The van der Waals surface area contributed by atoms with Crippen molar-refractivity contribution in [1.82, 2.24) is 19.9 Å². The van der Waals surface area contributed by atoms with Crippen LogP contribution in [0, 0.1) is 0 Å². The minimum Gasteiger partial charge on any atom is -0.451 e. The molecular formula is C13H20N4O6S. The molecule has 0 bridgehead atoms. The summed E-state index contributed by atoms with van der Waals surface area (Å²) >= 11 is 0. The lowest BCUT2D eigenvalue weighted by Gasteiger charge is -2.09. The van der Waals surface area contributed by atoms with Crippen molar-refractivity contribution < 1.29 is 27.5 Å². The van der Waals surface area contributed by atoms with Gasteiger partial charge < -0.3 is 14.6 Å². The van der Waals surface area contributed by atoms with E-state index in [2.05, 4.69) is 10.0 Å². The maximum Gasteiger partial charge on any atom is 0.355 e. The summed E-state index contributed by atoms with van der Waals surface area (Å²) in [6.07, 6.45) is 1.23. The number of nitrogens with one attached hydrogen (secondary N) is 3. The number of rotatable bonds is 6. The molecule has 0 radical (unpaired) electrons. The minimum absolute atomic E-state index is 0.0525. The van der Waals surface area contributed by atoms with Gasteiger partial charge in [-0.2, -0.15) is 0 Å². The van der Waals surface area contributed by atoms with Gasteiger partial charge in [0.1, 0.15) is 10.6 Å². The van der Waals surface area contributed by atoms with Gasteiger partial charge in [0, 0.05) is 19.3 Å². The lowest BCUT2D eigenvalue weighted by molar-refractivity contribution is -0.123. The zero-order valence-electron chi connectivity index (χ0n) is 13.7. The summed E-state index contributed by atoms with van der Waals surface area (Å²) in [6.45, 7) is 2.76. The summed E-state index contributed by atoms with van der Waals surface area (Å²) in [5, 5.41) is 4.43. The van der Waals surface area contributed by atoms with Crippen molar-refractivity contribution in [1.29, 1.82) is 0 Å². The molecule has 0 spiro atoms. The average molecular weight is 360 g/mol. The van der Waals surface area contributed by atoms with Crippen LogP contribution in [0.15, 0.2) is 17.2 Å². The van der Waals surface area contributed by atoms with Gasteiger partial charge in [-0.3, -0.25) is 10.1 Å². The topological polar surface area (TPSA) is 136 Å². The number of carbonyl (C=O) groups excluding carboxylic acids is 3. The van der Waals surface area contributed by atoms with Gasteiger partial charge in [-0.1, -0.05) is 0 Å². The number of ether oxygens (including phenoxy) is 1. The molecule has 1 rings (SSSR count). The molecule has 0 aliphatic rings. The van der Waals surface area contributed by atoms with Gasteiger partial charge in [0.25, 0.3) is 5.91 Å². The Morgan fingerprint density at radius 3 is 2.46 bits per heavy atom. The summed E-state index contributed by atoms with van der Waals surface area (Å²) in [6, 6.07) is 0.265. The average Bonchev–Trinajstić information content (AvgIpc) is 2.86. The second kappa shape index (κ2) is 7.93. The van der Waals surface area contributed by atoms with Crippen molar-refractivity contribution in [2.24, 2.45) is 7.05 Å². The maximum atomic E-state index is 11.9. The molecule has 0 aliphatic carbocycles. The largest absolute Gasteiger partial charge is 0.451 e. The number of imide groups is 1. The maximum absolute atomic E-state index is 11.9. The van der Waals surface area contributed by atoms with Crippen LogP contribution in [0.1, 0.15) is 24.3 Å². The minimum atomic E-state index is -3.70. The lowest BCUT2D eigenvalue weighted by Crippen LogP contribution is -2.44. The smallest absolute Gasteiger partial charge is 0.355 e. The highest BCUT2D eigenvalue weighted by Crippen LogP contribution is 2.13. The molecule has 134 valence electrons. The Morgan fingerprint density at radius 2 is 1.92 bits per heavy atom. The number of nitrogens with zero attached hydrogens (tertiary/aromatic N) is 1. The SMILES string of the molecule is CNS(=O)(=O)c1cc(C(=O)OCC(=O)NC(=O)NC(C)C)n(C)c1. The fraction of sp³-hybridized carbons (Fsp3) is 0.462. The third-order valence-corrected chi connectivity index (χ3v) is 4.16. The van der Waals surface area contributed by atoms with E-state index in [1.807, 2.05) is 5.32 Å². The molecule has 24 heavy (non-hydrogen) atoms. The van der Waals surface area contributed by atoms with E-state index in [0.717, 1.165) is 6.07 Å². The Hall–Kier alpha value is -2.40. The summed E-state index contributed by atoms with van der Waals surface area (Å²) in [5.74, 6) is -1.70. The van der Waals surface area contributed by atoms with E-state index >= 15 is 0 Å². The number of urea groups is 1. The second-order valence-electron chi connectivity index (χ2n) is 5.13. The zero-order valence-corrected chi connectivity index (χ0v) is 14.6. The number of hydrogen-bond donors (Lipinski definition) is 3. The van der Waals surface area contributed by atoms with E-state index in [1.165, 1.54) is 24.9 Å². The van der Waals surface area contributed by atoms with Crippen LogP contribution < -0.4 is 15.4 Å². The summed E-state index contributed by atoms with van der Waals surface area (Å²) in [4.78, 5) is 34.6. The van der Waals surface area contributed by atoms with E-state index in [0.29, 0.717) is 0 Å². The standard InChI is InChI=1S/C13H20N4O6S/c1-8(2)15-13(20)16-11(18)7-23-12(19)10-5-9(6-17(10)4)24(21,22)14-3/h5-6,8,14H,7H2,1-4H3,(H2,15,16,18,20). The molecule has 0 saturated heterocycles. The van der Waals surface area contributed by atoms with Crippen LogP contribution in [0.25, 0.3) is 0 Å². The van der Waals surface area contributed by atoms with Crippen LogP contribution in [-0.4, -0.2) is 50.6 Å². The molecular weight excluding hydrogens is 340 g/mol. The predicted octanol–water partition coefficient (Wildman–Crippen LogP) is -0.676. The van der Waals surface area contributed by atoms with Crippen LogP contribution in [0.3, 0.4) is 0 Å². The van der Waals surface area contributed by atoms with Crippen LogP contribution in [0.4, 0.5) is 4.79 Å². The first-order chi connectivity index (χ1) is 11.1. The third kappa shape index (κ3) is 5.35. The molecule has 11 heteroatoms. The molecule has 0 aromatic carbocycles. The highest BCUT2D eigenvalue weighted by atomic mass is 32.2. The highest BCUT2D eigenvalue weighted by molar-refractivity contribution is 7.89. The Morgan fingerprint density at radius 1 is 1.29 bits per heavy atom. The quantitative estimate of drug-likeness (QED) is 0.575. The molecule has 0 unspecified atom stereocenters. The van der Waals surface area contributed by atoms with Gasteiger partial charge in [0.15, 0.2) is 6.61 Å². The Labute approximate surface area is 139 Å². The van der Waals surface area contributed by atoms with Crippen LogP contribution in [-0.2, 0) is 26.6 Å². The Kier molecular flexibility index (Phi) is 6.49. The number of carbonyl (C=O) groups is 3. The van der Waals surface area contributed by atoms with Crippen molar-refractivity contribution >= 4 is 27.9 Å².